The molecule has 3 aliphatic rings. The highest BCUT2D eigenvalue weighted by atomic mass is 35.5. The maximum absolute atomic E-state index is 14.7. The number of carbonyl (C=O) groups is 4. The van der Waals surface area contributed by atoms with E-state index in [4.69, 9.17) is 21.1 Å². The number of aliphatic hydroxyl groups excluding tert-OH is 1. The molecule has 11 heteroatoms. The standard InChI is InChI=1S/C38H46ClN3O7/c1-6-9-15-30(44)40(5)24(4)33(25-13-11-10-12-14-25)48-37(47)31-29-20-21-38(49-29)32(31)35(45)42(27(8-3)23-43)34(38)36(46)41(22-7-2)28-18-16-26(39)17-19-28/h6-7,10-14,16-19,24,27,29,31-34,43H,1-2,8-9,15,20-23H2,3-5H3/t24-,27-,29-,31+,32+,33+,34-,38+/m0/s1. The Morgan fingerprint density at radius 2 is 1.84 bits per heavy atom. The highest BCUT2D eigenvalue weighted by Crippen LogP contribution is 2.59. The van der Waals surface area contributed by atoms with E-state index in [0.717, 1.165) is 0 Å². The van der Waals surface area contributed by atoms with Crippen molar-refractivity contribution in [2.24, 2.45) is 11.8 Å². The Morgan fingerprint density at radius 3 is 2.45 bits per heavy atom. The van der Waals surface area contributed by atoms with E-state index in [1.807, 2.05) is 44.2 Å². The minimum absolute atomic E-state index is 0.117. The molecule has 49 heavy (non-hydrogen) atoms. The fourth-order valence-electron chi connectivity index (χ4n) is 7.79. The molecular weight excluding hydrogens is 646 g/mol. The van der Waals surface area contributed by atoms with Crippen LogP contribution in [0.5, 0.6) is 0 Å². The molecule has 262 valence electrons. The summed E-state index contributed by atoms with van der Waals surface area (Å²) >= 11 is 6.15. The van der Waals surface area contributed by atoms with E-state index in [1.54, 1.807) is 48.4 Å². The van der Waals surface area contributed by atoms with Crippen molar-refractivity contribution in [3.05, 3.63) is 90.5 Å². The minimum atomic E-state index is -1.30. The van der Waals surface area contributed by atoms with E-state index in [-0.39, 0.29) is 25.5 Å². The van der Waals surface area contributed by atoms with Crippen molar-refractivity contribution in [1.29, 1.82) is 0 Å². The van der Waals surface area contributed by atoms with Gasteiger partial charge in [-0.1, -0.05) is 61.0 Å². The molecular formula is C38H46ClN3O7. The van der Waals surface area contributed by atoms with Gasteiger partial charge in [-0.2, -0.15) is 0 Å². The second kappa shape index (κ2) is 15.3. The fourth-order valence-corrected chi connectivity index (χ4v) is 7.92. The number of likely N-dealkylation sites (tertiary alicyclic amines) is 1. The molecule has 10 nitrogen and oxygen atoms in total. The van der Waals surface area contributed by atoms with Gasteiger partial charge in [-0.25, -0.2) is 0 Å². The first-order chi connectivity index (χ1) is 23.5. The molecule has 0 radical (unpaired) electrons. The number of hydrogen-bond acceptors (Lipinski definition) is 7. The van der Waals surface area contributed by atoms with Crippen molar-refractivity contribution < 1.29 is 33.8 Å². The van der Waals surface area contributed by atoms with Gasteiger partial charge in [-0.05, 0) is 62.4 Å². The molecule has 1 spiro atoms. The van der Waals surface area contributed by atoms with E-state index < -0.39 is 65.6 Å². The van der Waals surface area contributed by atoms with Gasteiger partial charge in [0.25, 0.3) is 5.91 Å². The summed E-state index contributed by atoms with van der Waals surface area (Å²) in [6.45, 7) is 11.0. The number of carbonyl (C=O) groups excluding carboxylic acids is 4. The van der Waals surface area contributed by atoms with E-state index in [9.17, 15) is 24.3 Å². The summed E-state index contributed by atoms with van der Waals surface area (Å²) in [5, 5.41) is 10.9. The normalized spacial score (nSPS) is 25.7. The summed E-state index contributed by atoms with van der Waals surface area (Å²) in [5.41, 5.74) is -0.0386. The van der Waals surface area contributed by atoms with Gasteiger partial charge in [-0.15, -0.1) is 13.2 Å². The van der Waals surface area contributed by atoms with Crippen LogP contribution in [-0.2, 0) is 28.7 Å². The molecule has 5 rings (SSSR count). The van der Waals surface area contributed by atoms with Gasteiger partial charge in [0.05, 0.1) is 36.6 Å². The Bertz CT molecular complexity index is 1550. The van der Waals surface area contributed by atoms with Gasteiger partial charge in [0, 0.05) is 30.7 Å². The Balaban J connectivity index is 1.51. The molecule has 3 heterocycles. The molecule has 0 aliphatic carbocycles. The van der Waals surface area contributed by atoms with Crippen molar-refractivity contribution in [1.82, 2.24) is 9.80 Å². The van der Waals surface area contributed by atoms with E-state index in [0.29, 0.717) is 42.0 Å². The molecule has 0 aromatic heterocycles. The number of benzene rings is 2. The number of rotatable bonds is 15. The highest BCUT2D eigenvalue weighted by Gasteiger charge is 2.75. The largest absolute Gasteiger partial charge is 0.455 e. The number of amides is 3. The van der Waals surface area contributed by atoms with Crippen LogP contribution in [-0.4, -0.2) is 88.6 Å². The van der Waals surface area contributed by atoms with Crippen LogP contribution in [0.15, 0.2) is 79.9 Å². The number of halogens is 1. The predicted molar refractivity (Wildman–Crippen MR) is 187 cm³/mol. The van der Waals surface area contributed by atoms with Crippen LogP contribution in [0.1, 0.15) is 57.6 Å². The molecule has 0 saturated carbocycles. The summed E-state index contributed by atoms with van der Waals surface area (Å²) in [6, 6.07) is 13.7. The SMILES string of the molecule is C=CCCC(=O)N(C)[C@@H](C)[C@@H](OC(=O)[C@@H]1[C@@H]2CC[C@]3(O2)[C@H](C(=O)N(CC=C)c2ccc(Cl)cc2)N([C@@H](CC)CO)C(=O)[C@@H]13)c1ccccc1. The predicted octanol–water partition coefficient (Wildman–Crippen LogP) is 5.10. The van der Waals surface area contributed by atoms with E-state index in [2.05, 4.69) is 13.2 Å². The highest BCUT2D eigenvalue weighted by molar-refractivity contribution is 6.30. The lowest BCUT2D eigenvalue weighted by Crippen LogP contribution is -2.59. The van der Waals surface area contributed by atoms with Crippen LogP contribution in [0.4, 0.5) is 5.69 Å². The molecule has 3 aliphatic heterocycles. The molecule has 3 saturated heterocycles. The van der Waals surface area contributed by atoms with Gasteiger partial charge in [0.1, 0.15) is 17.7 Å². The lowest BCUT2D eigenvalue weighted by molar-refractivity contribution is -0.165. The third kappa shape index (κ3) is 6.66. The zero-order valence-electron chi connectivity index (χ0n) is 28.4. The van der Waals surface area contributed by atoms with Crippen LogP contribution >= 0.6 is 11.6 Å². The van der Waals surface area contributed by atoms with E-state index in [1.165, 1.54) is 9.80 Å². The van der Waals surface area contributed by atoms with Crippen molar-refractivity contribution in [2.75, 3.05) is 25.1 Å². The van der Waals surface area contributed by atoms with Crippen molar-refractivity contribution in [2.45, 2.75) is 81.9 Å². The van der Waals surface area contributed by atoms with Crippen LogP contribution in [0.3, 0.4) is 0 Å². The Kier molecular flexibility index (Phi) is 11.3. The molecule has 2 aromatic carbocycles. The van der Waals surface area contributed by atoms with Crippen molar-refractivity contribution >= 4 is 41.0 Å². The average molecular weight is 692 g/mol. The summed E-state index contributed by atoms with van der Waals surface area (Å²) in [7, 11) is 1.68. The minimum Gasteiger partial charge on any atom is -0.455 e. The topological polar surface area (TPSA) is 117 Å². The summed E-state index contributed by atoms with van der Waals surface area (Å²) in [4.78, 5) is 61.2. The maximum atomic E-state index is 14.7. The second-order valence-electron chi connectivity index (χ2n) is 13.1. The molecule has 2 bridgehead atoms. The average Bonchev–Trinajstić information content (AvgIpc) is 3.76. The fraction of sp³-hybridized carbons (Fsp3) is 0.474. The number of anilines is 1. The molecule has 2 aromatic rings. The van der Waals surface area contributed by atoms with Gasteiger partial charge in [-0.3, -0.25) is 19.2 Å². The zero-order valence-corrected chi connectivity index (χ0v) is 29.1. The lowest BCUT2D eigenvalue weighted by atomic mass is 9.70. The number of esters is 1. The Hall–Kier alpha value is -3.99. The molecule has 3 fully saturated rings. The van der Waals surface area contributed by atoms with Gasteiger partial charge in [0.15, 0.2) is 0 Å². The third-order valence-corrected chi connectivity index (χ3v) is 10.7. The van der Waals surface area contributed by atoms with Crippen molar-refractivity contribution in [3.8, 4) is 0 Å². The summed E-state index contributed by atoms with van der Waals surface area (Å²) < 4.78 is 12.9. The quantitative estimate of drug-likeness (QED) is 0.204. The Morgan fingerprint density at radius 1 is 1.14 bits per heavy atom. The Labute approximate surface area is 293 Å². The van der Waals surface area contributed by atoms with Crippen LogP contribution in [0.25, 0.3) is 0 Å². The summed E-state index contributed by atoms with van der Waals surface area (Å²) in [5.74, 6) is -3.53. The summed E-state index contributed by atoms with van der Waals surface area (Å²) in [6.07, 6.45) is 3.81. The molecule has 3 amide bonds. The van der Waals surface area contributed by atoms with Gasteiger partial charge >= 0.3 is 5.97 Å². The molecule has 0 unspecified atom stereocenters. The molecule has 1 N–H and O–H groups in total. The van der Waals surface area contributed by atoms with Gasteiger partial charge < -0.3 is 29.3 Å². The van der Waals surface area contributed by atoms with Gasteiger partial charge in [0.2, 0.25) is 11.8 Å². The number of ether oxygens (including phenoxy) is 2. The first-order valence-electron chi connectivity index (χ1n) is 16.9. The van der Waals surface area contributed by atoms with E-state index >= 15 is 0 Å². The lowest BCUT2D eigenvalue weighted by Gasteiger charge is -2.39. The first kappa shape index (κ1) is 36.3. The molecule has 8 atom stereocenters. The number of hydrogen-bond donors (Lipinski definition) is 1. The monoisotopic (exact) mass is 691 g/mol. The second-order valence-corrected chi connectivity index (χ2v) is 13.5. The van der Waals surface area contributed by atoms with Crippen LogP contribution in [0, 0.1) is 11.8 Å². The zero-order chi connectivity index (χ0) is 35.5. The number of nitrogens with zero attached hydrogens (tertiary/aromatic N) is 3. The van der Waals surface area contributed by atoms with Crippen molar-refractivity contribution in [3.63, 3.8) is 0 Å². The smallest absolute Gasteiger partial charge is 0.313 e. The first-order valence-corrected chi connectivity index (χ1v) is 17.3. The third-order valence-electron chi connectivity index (χ3n) is 10.4. The number of aliphatic hydroxyl groups is 1. The van der Waals surface area contributed by atoms with Crippen LogP contribution in [0.2, 0.25) is 5.02 Å². The number of allylic oxidation sites excluding steroid dienone is 1. The number of fused-ring (bicyclic) bond motifs is 1. The maximum Gasteiger partial charge on any atom is 0.313 e. The van der Waals surface area contributed by atoms with Crippen LogP contribution < -0.4 is 4.90 Å². The number of likely N-dealkylation sites (N-methyl/N-ethyl adjacent to an activating group) is 1.